The Hall–Kier alpha value is -1.55. The molecule has 5 aliphatic rings. The third kappa shape index (κ3) is 2.56. The van der Waals surface area contributed by atoms with Crippen molar-refractivity contribution in [1.29, 1.82) is 0 Å². The van der Waals surface area contributed by atoms with Crippen molar-refractivity contribution < 1.29 is 14.0 Å². The zero-order valence-corrected chi connectivity index (χ0v) is 16.8. The van der Waals surface area contributed by atoms with Gasteiger partial charge in [-0.15, -0.1) is 9.42 Å². The summed E-state index contributed by atoms with van der Waals surface area (Å²) < 4.78 is 19.9. The Kier molecular flexibility index (Phi) is 3.85. The number of hydrogen-bond donors (Lipinski definition) is 1. The van der Waals surface area contributed by atoms with Gasteiger partial charge in [0.15, 0.2) is 0 Å². The number of rotatable bonds is 5. The highest BCUT2D eigenvalue weighted by Gasteiger charge is 2.57. The van der Waals surface area contributed by atoms with E-state index in [1.165, 1.54) is 49.7 Å². The van der Waals surface area contributed by atoms with Gasteiger partial charge in [0.05, 0.1) is 24.3 Å². The molecule has 4 saturated carbocycles. The molecule has 6 heteroatoms. The molecule has 1 N–H and O–H groups in total. The lowest BCUT2D eigenvalue weighted by Crippen LogP contribution is -2.52. The van der Waals surface area contributed by atoms with Crippen LogP contribution in [-0.2, 0) is 9.09 Å². The average Bonchev–Trinajstić information content (AvgIpc) is 3.22. The third-order valence-corrected chi connectivity index (χ3v) is 8.46. The van der Waals surface area contributed by atoms with Crippen LogP contribution in [0.3, 0.4) is 0 Å². The van der Waals surface area contributed by atoms with E-state index < -0.39 is 8.25 Å². The fraction of sp³-hybridized carbons (Fsp3) is 0.591. The second-order valence-electron chi connectivity index (χ2n) is 9.64. The van der Waals surface area contributed by atoms with Crippen molar-refractivity contribution in [2.45, 2.75) is 57.1 Å². The first kappa shape index (κ1) is 17.3. The Morgan fingerprint density at radius 2 is 1.86 bits per heavy atom. The zero-order chi connectivity index (χ0) is 18.9. The minimum absolute atomic E-state index is 0.0702. The molecule has 3 atom stereocenters. The molecule has 0 amide bonds. The van der Waals surface area contributed by atoms with E-state index in [0.717, 1.165) is 29.9 Å². The topological polar surface area (TPSA) is 64.3 Å². The maximum atomic E-state index is 11.8. The largest absolute Gasteiger partial charge is 0.695 e. The maximum absolute atomic E-state index is 11.8. The van der Waals surface area contributed by atoms with Gasteiger partial charge in [-0.1, -0.05) is 24.3 Å². The van der Waals surface area contributed by atoms with Crippen molar-refractivity contribution in [3.05, 3.63) is 42.4 Å². The molecule has 7 rings (SSSR count). The Labute approximate surface area is 166 Å². The van der Waals surface area contributed by atoms with Gasteiger partial charge in [0.25, 0.3) is 0 Å². The molecule has 1 aromatic carbocycles. The van der Waals surface area contributed by atoms with Crippen molar-refractivity contribution in [2.75, 3.05) is 0 Å². The van der Waals surface area contributed by atoms with Crippen LogP contribution in [0.2, 0.25) is 0 Å². The smallest absolute Gasteiger partial charge is 0.323 e. The summed E-state index contributed by atoms with van der Waals surface area (Å²) in [7, 11) is -2.61. The van der Waals surface area contributed by atoms with Crippen LogP contribution in [-0.4, -0.2) is 20.5 Å². The lowest BCUT2D eigenvalue weighted by molar-refractivity contribution is -0.115. The molecule has 3 unspecified atom stereocenters. The van der Waals surface area contributed by atoms with Gasteiger partial charge >= 0.3 is 8.25 Å². The lowest BCUT2D eigenvalue weighted by Gasteiger charge is -2.58. The van der Waals surface area contributed by atoms with Crippen molar-refractivity contribution in [3.63, 3.8) is 0 Å². The van der Waals surface area contributed by atoms with Crippen molar-refractivity contribution >= 4 is 8.25 Å². The lowest BCUT2D eigenvalue weighted by atomic mass is 9.48. The number of fused-ring (bicyclic) bond motifs is 3. The van der Waals surface area contributed by atoms with E-state index in [4.69, 9.17) is 4.52 Å². The van der Waals surface area contributed by atoms with Crippen LogP contribution in [0.4, 0.5) is 0 Å². The normalized spacial score (nSPS) is 36.2. The molecule has 1 aliphatic heterocycles. The SMILES string of the molecule is O=[P+](O)OC(CC1c2ccccc2-c2cncn21)C12CC3CC(CC(C3)C1)C2. The molecule has 0 saturated heterocycles. The van der Waals surface area contributed by atoms with Crippen molar-refractivity contribution in [2.24, 2.45) is 23.2 Å². The Morgan fingerprint density at radius 1 is 1.18 bits per heavy atom. The van der Waals surface area contributed by atoms with Gasteiger partial charge in [-0.25, -0.2) is 4.98 Å². The van der Waals surface area contributed by atoms with E-state index in [0.29, 0.717) is 0 Å². The molecule has 4 fully saturated rings. The molecule has 5 nitrogen and oxygen atoms in total. The van der Waals surface area contributed by atoms with Crippen LogP contribution >= 0.6 is 8.25 Å². The van der Waals surface area contributed by atoms with E-state index in [-0.39, 0.29) is 17.6 Å². The number of hydrogen-bond acceptors (Lipinski definition) is 3. The summed E-state index contributed by atoms with van der Waals surface area (Å²) in [6, 6.07) is 8.61. The highest BCUT2D eigenvalue weighted by molar-refractivity contribution is 7.32. The molecular formula is C22H26N2O3P+. The molecule has 2 aromatic rings. The second kappa shape index (κ2) is 6.22. The number of imidazole rings is 1. The van der Waals surface area contributed by atoms with Gasteiger partial charge in [0, 0.05) is 22.0 Å². The average molecular weight is 397 g/mol. The molecule has 1 aromatic heterocycles. The quantitative estimate of drug-likeness (QED) is 0.714. The van der Waals surface area contributed by atoms with Gasteiger partial charge in [-0.05, 0) is 61.8 Å². The minimum Gasteiger partial charge on any atom is -0.323 e. The molecule has 4 bridgehead atoms. The van der Waals surface area contributed by atoms with Crippen LogP contribution in [0.1, 0.15) is 56.6 Å². The van der Waals surface area contributed by atoms with E-state index in [1.807, 2.05) is 12.5 Å². The van der Waals surface area contributed by atoms with Gasteiger partial charge < -0.3 is 4.57 Å². The van der Waals surface area contributed by atoms with Gasteiger partial charge in [-0.3, -0.25) is 0 Å². The third-order valence-electron chi connectivity index (χ3n) is 8.02. The van der Waals surface area contributed by atoms with Crippen LogP contribution < -0.4 is 0 Å². The number of nitrogens with zero attached hydrogens (tertiary/aromatic N) is 2. The second-order valence-corrected chi connectivity index (χ2v) is 10.3. The summed E-state index contributed by atoms with van der Waals surface area (Å²) in [5, 5.41) is 0. The van der Waals surface area contributed by atoms with E-state index in [2.05, 4.69) is 33.8 Å². The first-order chi connectivity index (χ1) is 13.6. The van der Waals surface area contributed by atoms with E-state index in [9.17, 15) is 9.46 Å². The number of benzene rings is 1. The first-order valence-corrected chi connectivity index (χ1v) is 11.7. The highest BCUT2D eigenvalue weighted by atomic mass is 31.1. The van der Waals surface area contributed by atoms with Crippen molar-refractivity contribution in [3.8, 4) is 11.3 Å². The summed E-state index contributed by atoms with van der Waals surface area (Å²) >= 11 is 0. The molecule has 146 valence electrons. The minimum atomic E-state index is -2.61. The molecular weight excluding hydrogens is 371 g/mol. The zero-order valence-electron chi connectivity index (χ0n) is 15.9. The Balaban J connectivity index is 1.37. The summed E-state index contributed by atoms with van der Waals surface area (Å²) in [4.78, 5) is 14.1. The van der Waals surface area contributed by atoms with Crippen LogP contribution in [0.25, 0.3) is 11.3 Å². The van der Waals surface area contributed by atoms with Gasteiger partial charge in [-0.2, -0.15) is 0 Å². The Morgan fingerprint density at radius 3 is 2.54 bits per heavy atom. The van der Waals surface area contributed by atoms with Crippen LogP contribution in [0, 0.1) is 23.2 Å². The fourth-order valence-electron chi connectivity index (χ4n) is 7.46. The standard InChI is InChI=1S/C22H25N2O3P/c25-28(26)27-21(22-9-14-5-15(10-22)7-16(6-14)11-22)8-19-17-3-1-2-4-18(17)20-12-23-13-24(19)20/h1-4,12-16,19,21H,5-11H2/p+1. The summed E-state index contributed by atoms with van der Waals surface area (Å²) in [6.45, 7) is 0. The monoisotopic (exact) mass is 397 g/mol. The molecule has 0 spiro atoms. The molecule has 28 heavy (non-hydrogen) atoms. The predicted octanol–water partition coefficient (Wildman–Crippen LogP) is 5.09. The van der Waals surface area contributed by atoms with Gasteiger partial charge in [0.1, 0.15) is 6.10 Å². The molecule has 4 aliphatic carbocycles. The first-order valence-electron chi connectivity index (χ1n) is 10.6. The van der Waals surface area contributed by atoms with Crippen molar-refractivity contribution in [1.82, 2.24) is 9.55 Å². The Bertz CT molecular complexity index is 904. The number of aromatic nitrogens is 2. The van der Waals surface area contributed by atoms with Gasteiger partial charge in [0.2, 0.25) is 0 Å². The highest BCUT2D eigenvalue weighted by Crippen LogP contribution is 2.63. The van der Waals surface area contributed by atoms with Crippen LogP contribution in [0.15, 0.2) is 36.8 Å². The van der Waals surface area contributed by atoms with E-state index in [1.54, 1.807) is 0 Å². The fourth-order valence-corrected chi connectivity index (χ4v) is 7.99. The summed E-state index contributed by atoms with van der Waals surface area (Å²) in [5.41, 5.74) is 3.72. The molecule has 2 heterocycles. The van der Waals surface area contributed by atoms with Crippen LogP contribution in [0.5, 0.6) is 0 Å². The predicted molar refractivity (Wildman–Crippen MR) is 106 cm³/mol. The summed E-state index contributed by atoms with van der Waals surface area (Å²) in [5.74, 6) is 2.36. The summed E-state index contributed by atoms with van der Waals surface area (Å²) in [6.07, 6.45) is 11.9. The maximum Gasteiger partial charge on any atom is 0.695 e. The van der Waals surface area contributed by atoms with E-state index >= 15 is 0 Å². The molecule has 0 radical (unpaired) electrons.